The monoisotopic (exact) mass is 362 g/mol. The average molecular weight is 363 g/mol. The third-order valence-corrected chi connectivity index (χ3v) is 6.01. The lowest BCUT2D eigenvalue weighted by molar-refractivity contribution is 0.414. The van der Waals surface area contributed by atoms with Gasteiger partial charge in [0.15, 0.2) is 0 Å². The predicted molar refractivity (Wildman–Crippen MR) is 121 cm³/mol. The molecule has 2 radical (unpaired) electrons. The van der Waals surface area contributed by atoms with Crippen LogP contribution in [0.25, 0.3) is 0 Å². The van der Waals surface area contributed by atoms with E-state index in [1.54, 1.807) is 0 Å². The molecule has 0 fully saturated rings. The normalized spacial score (nSPS) is 14.2. The predicted octanol–water partition coefficient (Wildman–Crippen LogP) is 9.50. The summed E-state index contributed by atoms with van der Waals surface area (Å²) in [4.78, 5) is 0. The summed E-state index contributed by atoms with van der Waals surface area (Å²) in [5.74, 6) is 1.86. The van der Waals surface area contributed by atoms with Crippen molar-refractivity contribution in [3.8, 4) is 0 Å². The summed E-state index contributed by atoms with van der Waals surface area (Å²) in [5.41, 5.74) is 0. The van der Waals surface area contributed by atoms with E-state index in [9.17, 15) is 0 Å². The van der Waals surface area contributed by atoms with Crippen LogP contribution in [0.2, 0.25) is 0 Å². The fourth-order valence-corrected chi connectivity index (χ4v) is 3.88. The van der Waals surface area contributed by atoms with E-state index in [4.69, 9.17) is 0 Å². The Balaban J connectivity index is 3.69. The Morgan fingerprint density at radius 1 is 0.577 bits per heavy atom. The second-order valence-electron chi connectivity index (χ2n) is 8.30. The second-order valence-corrected chi connectivity index (χ2v) is 8.30. The van der Waals surface area contributed by atoms with Crippen LogP contribution in [0.4, 0.5) is 0 Å². The van der Waals surface area contributed by atoms with E-state index in [0.717, 1.165) is 24.7 Å². The van der Waals surface area contributed by atoms with Crippen molar-refractivity contribution in [1.29, 1.82) is 0 Å². The molecular formula is C26H50. The molecule has 0 saturated heterocycles. The van der Waals surface area contributed by atoms with Crippen LogP contribution < -0.4 is 0 Å². The Hall–Kier alpha value is -0.260. The summed E-state index contributed by atoms with van der Waals surface area (Å²) in [7, 11) is 0. The van der Waals surface area contributed by atoms with Gasteiger partial charge in [-0.2, -0.15) is 0 Å². The van der Waals surface area contributed by atoms with Crippen LogP contribution >= 0.6 is 0 Å². The van der Waals surface area contributed by atoms with E-state index in [0.29, 0.717) is 0 Å². The molecule has 0 aromatic rings. The zero-order valence-corrected chi connectivity index (χ0v) is 18.5. The molecular weight excluding hydrogens is 312 g/mol. The van der Waals surface area contributed by atoms with E-state index in [-0.39, 0.29) is 0 Å². The van der Waals surface area contributed by atoms with Gasteiger partial charge in [-0.15, -0.1) is 0 Å². The van der Waals surface area contributed by atoms with Crippen molar-refractivity contribution in [1.82, 2.24) is 0 Å². The average Bonchev–Trinajstić information content (AvgIpc) is 2.66. The fourth-order valence-electron chi connectivity index (χ4n) is 3.88. The van der Waals surface area contributed by atoms with Crippen LogP contribution in [-0.2, 0) is 0 Å². The summed E-state index contributed by atoms with van der Waals surface area (Å²) < 4.78 is 0. The highest BCUT2D eigenvalue weighted by molar-refractivity contribution is 4.84. The Morgan fingerprint density at radius 2 is 1.08 bits per heavy atom. The Morgan fingerprint density at radius 3 is 1.62 bits per heavy atom. The number of hydrogen-bond donors (Lipinski definition) is 0. The minimum atomic E-state index is 0.909. The zero-order valence-electron chi connectivity index (χ0n) is 18.5. The third-order valence-electron chi connectivity index (χ3n) is 6.01. The lowest BCUT2D eigenvalue weighted by Crippen LogP contribution is -1.99. The molecule has 2 unspecified atom stereocenters. The summed E-state index contributed by atoms with van der Waals surface area (Å²) in [6, 6.07) is 0. The Labute approximate surface area is 167 Å². The smallest absolute Gasteiger partial charge is 0.0322 e. The van der Waals surface area contributed by atoms with E-state index < -0.39 is 0 Å². The lowest BCUT2D eigenvalue weighted by atomic mass is 9.92. The van der Waals surface area contributed by atoms with Gasteiger partial charge in [0.25, 0.3) is 0 Å². The molecule has 0 aromatic carbocycles. The minimum absolute atomic E-state index is 0.909. The molecule has 0 bridgehead atoms. The topological polar surface area (TPSA) is 0 Å². The van der Waals surface area contributed by atoms with Crippen LogP contribution in [0.3, 0.4) is 0 Å². The zero-order chi connectivity index (χ0) is 19.3. The molecule has 0 aromatic heterocycles. The number of allylic oxidation sites excluding steroid dienone is 2. The number of unbranched alkanes of at least 4 members (excludes halogenated alkanes) is 9. The highest BCUT2D eigenvalue weighted by Gasteiger charge is 2.06. The first kappa shape index (κ1) is 25.7. The maximum absolute atomic E-state index is 3.93. The molecule has 0 heteroatoms. The van der Waals surface area contributed by atoms with E-state index in [2.05, 4.69) is 39.8 Å². The molecule has 0 nitrogen and oxygen atoms in total. The van der Waals surface area contributed by atoms with Gasteiger partial charge < -0.3 is 0 Å². The molecule has 0 aliphatic rings. The molecule has 0 saturated carbocycles. The standard InChI is InChI=1S/C26H50/c1-5-9-11-13-15-18-22-26(8-4)24-20-16-19-23-25(7-3)21-17-14-12-10-6-2/h16,19,25-26H,1-2,5-15,17-18,20-24H2,3-4H3/b19-16+. The molecule has 26 heavy (non-hydrogen) atoms. The van der Waals surface area contributed by atoms with Gasteiger partial charge in [0.1, 0.15) is 0 Å². The van der Waals surface area contributed by atoms with Gasteiger partial charge in [0, 0.05) is 0 Å². The quantitative estimate of drug-likeness (QED) is 0.149. The first-order valence-electron chi connectivity index (χ1n) is 12.0. The second kappa shape index (κ2) is 21.0. The molecule has 0 aliphatic heterocycles. The maximum Gasteiger partial charge on any atom is -0.0322 e. The van der Waals surface area contributed by atoms with Gasteiger partial charge in [-0.25, -0.2) is 0 Å². The van der Waals surface area contributed by atoms with Crippen molar-refractivity contribution in [2.24, 2.45) is 11.8 Å². The SMILES string of the molecule is [CH2]CCCCCCCC(CC)CC/C=C/CC(CC)CCCCCC[CH2]. The van der Waals surface area contributed by atoms with Crippen molar-refractivity contribution in [2.45, 2.75) is 129 Å². The van der Waals surface area contributed by atoms with Crippen molar-refractivity contribution in [2.75, 3.05) is 0 Å². The van der Waals surface area contributed by atoms with Gasteiger partial charge in [-0.1, -0.05) is 136 Å². The molecule has 0 spiro atoms. The third kappa shape index (κ3) is 17.2. The fraction of sp³-hybridized carbons (Fsp3) is 0.846. The molecule has 0 aliphatic carbocycles. The highest BCUT2D eigenvalue weighted by atomic mass is 14.1. The van der Waals surface area contributed by atoms with Gasteiger partial charge in [-0.3, -0.25) is 0 Å². The van der Waals surface area contributed by atoms with Gasteiger partial charge >= 0.3 is 0 Å². The minimum Gasteiger partial charge on any atom is -0.0885 e. The maximum atomic E-state index is 3.93. The molecule has 2 atom stereocenters. The molecule has 0 amide bonds. The van der Waals surface area contributed by atoms with Gasteiger partial charge in [0.05, 0.1) is 0 Å². The molecule has 154 valence electrons. The van der Waals surface area contributed by atoms with E-state index in [1.165, 1.54) is 103 Å². The first-order chi connectivity index (χ1) is 12.8. The summed E-state index contributed by atoms with van der Waals surface area (Å²) in [6.07, 6.45) is 29.2. The number of hydrogen-bond acceptors (Lipinski definition) is 0. The molecule has 0 heterocycles. The largest absolute Gasteiger partial charge is 0.0885 e. The Kier molecular flexibility index (Phi) is 20.8. The number of rotatable bonds is 20. The van der Waals surface area contributed by atoms with Crippen LogP contribution in [0.5, 0.6) is 0 Å². The van der Waals surface area contributed by atoms with Crippen LogP contribution in [0.1, 0.15) is 129 Å². The van der Waals surface area contributed by atoms with Crippen molar-refractivity contribution >= 4 is 0 Å². The molecule has 0 rings (SSSR count). The van der Waals surface area contributed by atoms with Crippen LogP contribution in [0, 0.1) is 25.7 Å². The first-order valence-corrected chi connectivity index (χ1v) is 12.0. The van der Waals surface area contributed by atoms with Gasteiger partial charge in [-0.05, 0) is 31.1 Å². The van der Waals surface area contributed by atoms with Crippen molar-refractivity contribution in [3.63, 3.8) is 0 Å². The van der Waals surface area contributed by atoms with Gasteiger partial charge in [0.2, 0.25) is 0 Å². The van der Waals surface area contributed by atoms with E-state index in [1.807, 2.05) is 0 Å². The molecule has 0 N–H and O–H groups in total. The van der Waals surface area contributed by atoms with Crippen molar-refractivity contribution in [3.05, 3.63) is 26.0 Å². The summed E-state index contributed by atoms with van der Waals surface area (Å²) in [6.45, 7) is 12.6. The van der Waals surface area contributed by atoms with Crippen LogP contribution in [0.15, 0.2) is 12.2 Å². The van der Waals surface area contributed by atoms with Crippen molar-refractivity contribution < 1.29 is 0 Å². The lowest BCUT2D eigenvalue weighted by Gasteiger charge is -2.14. The summed E-state index contributed by atoms with van der Waals surface area (Å²) in [5, 5.41) is 0. The van der Waals surface area contributed by atoms with E-state index >= 15 is 0 Å². The highest BCUT2D eigenvalue weighted by Crippen LogP contribution is 2.21. The summed E-state index contributed by atoms with van der Waals surface area (Å²) >= 11 is 0. The Bertz CT molecular complexity index is 278. The van der Waals surface area contributed by atoms with Crippen LogP contribution in [-0.4, -0.2) is 0 Å².